The molecule has 3 N–H and O–H groups in total. The lowest BCUT2D eigenvalue weighted by molar-refractivity contribution is -0.133. The van der Waals surface area contributed by atoms with Crippen molar-refractivity contribution < 1.29 is 20.1 Å². The van der Waals surface area contributed by atoms with Gasteiger partial charge in [-0.15, -0.1) is 0 Å². The average molecular weight is 158 g/mol. The third kappa shape index (κ3) is 1.41. The molecule has 0 aromatic heterocycles. The Balaban J connectivity index is 3.02. The predicted octanol–water partition coefficient (Wildman–Crippen LogP) is -0.138. The first kappa shape index (κ1) is 8.23. The summed E-state index contributed by atoms with van der Waals surface area (Å²) in [5.74, 6) is -2.80. The number of carbonyl (C=O) groups is 1. The number of ketones is 1. The van der Waals surface area contributed by atoms with Crippen molar-refractivity contribution in [2.75, 3.05) is 0 Å². The molecule has 11 heavy (non-hydrogen) atoms. The standard InChI is InChI=1S/C7H10O4/c1-7(10,11)6-4(8)2-3-5(6)9/h8,10-11H,2-3H2,1H3. The van der Waals surface area contributed by atoms with Gasteiger partial charge in [-0.2, -0.15) is 0 Å². The molecule has 0 bridgehead atoms. The molecule has 0 aromatic rings. The Bertz CT molecular complexity index is 221. The molecule has 0 radical (unpaired) electrons. The second-order valence-corrected chi connectivity index (χ2v) is 2.77. The van der Waals surface area contributed by atoms with Gasteiger partial charge in [0.25, 0.3) is 0 Å². The Morgan fingerprint density at radius 2 is 1.91 bits per heavy atom. The fraction of sp³-hybridized carbons (Fsp3) is 0.571. The number of carbonyl (C=O) groups excluding carboxylic acids is 1. The minimum absolute atomic E-state index is 0.165. The van der Waals surface area contributed by atoms with Gasteiger partial charge in [0, 0.05) is 12.8 Å². The quantitative estimate of drug-likeness (QED) is 0.464. The van der Waals surface area contributed by atoms with Crippen molar-refractivity contribution in [2.45, 2.75) is 25.6 Å². The van der Waals surface area contributed by atoms with E-state index in [1.54, 1.807) is 0 Å². The molecule has 0 aromatic carbocycles. The van der Waals surface area contributed by atoms with Crippen LogP contribution >= 0.6 is 0 Å². The van der Waals surface area contributed by atoms with E-state index >= 15 is 0 Å². The van der Waals surface area contributed by atoms with Gasteiger partial charge in [0.05, 0.1) is 5.57 Å². The highest BCUT2D eigenvalue weighted by Crippen LogP contribution is 2.27. The summed E-state index contributed by atoms with van der Waals surface area (Å²) in [5.41, 5.74) is -0.266. The van der Waals surface area contributed by atoms with Crippen LogP contribution in [0.3, 0.4) is 0 Å². The van der Waals surface area contributed by atoms with Crippen molar-refractivity contribution in [2.24, 2.45) is 0 Å². The summed E-state index contributed by atoms with van der Waals surface area (Å²) >= 11 is 0. The number of hydrogen-bond donors (Lipinski definition) is 3. The fourth-order valence-corrected chi connectivity index (χ4v) is 1.18. The van der Waals surface area contributed by atoms with Crippen LogP contribution in [-0.4, -0.2) is 26.9 Å². The topological polar surface area (TPSA) is 77.8 Å². The molecule has 0 fully saturated rings. The van der Waals surface area contributed by atoms with Gasteiger partial charge in [-0.1, -0.05) is 0 Å². The number of Topliss-reactive ketones (excluding diaryl/α,β-unsaturated/α-hetero) is 1. The van der Waals surface area contributed by atoms with Gasteiger partial charge in [-0.3, -0.25) is 4.79 Å². The van der Waals surface area contributed by atoms with Crippen LogP contribution in [0.2, 0.25) is 0 Å². The minimum Gasteiger partial charge on any atom is -0.512 e. The van der Waals surface area contributed by atoms with Gasteiger partial charge in [0.15, 0.2) is 11.6 Å². The van der Waals surface area contributed by atoms with Crippen LogP contribution in [0.4, 0.5) is 0 Å². The Labute approximate surface area is 63.8 Å². The zero-order chi connectivity index (χ0) is 8.65. The molecule has 0 atom stereocenters. The Morgan fingerprint density at radius 1 is 1.36 bits per heavy atom. The molecule has 0 saturated carbocycles. The van der Waals surface area contributed by atoms with E-state index in [1.807, 2.05) is 0 Å². The summed E-state index contributed by atoms with van der Waals surface area (Å²) in [4.78, 5) is 10.9. The number of rotatable bonds is 1. The first-order chi connectivity index (χ1) is 4.93. The lowest BCUT2D eigenvalue weighted by Gasteiger charge is -2.15. The highest BCUT2D eigenvalue weighted by Gasteiger charge is 2.35. The molecule has 0 unspecified atom stereocenters. The lowest BCUT2D eigenvalue weighted by Crippen LogP contribution is -2.29. The maximum atomic E-state index is 10.9. The molecule has 1 aliphatic carbocycles. The highest BCUT2D eigenvalue weighted by atomic mass is 16.5. The van der Waals surface area contributed by atoms with Crippen molar-refractivity contribution in [3.63, 3.8) is 0 Å². The molecule has 4 nitrogen and oxygen atoms in total. The summed E-state index contributed by atoms with van der Waals surface area (Å²) in [6.45, 7) is 1.06. The monoisotopic (exact) mass is 158 g/mol. The van der Waals surface area contributed by atoms with Crippen LogP contribution in [0.15, 0.2) is 11.3 Å². The van der Waals surface area contributed by atoms with Crippen LogP contribution in [0.25, 0.3) is 0 Å². The van der Waals surface area contributed by atoms with E-state index in [2.05, 4.69) is 0 Å². The summed E-state index contributed by atoms with van der Waals surface area (Å²) in [6.07, 6.45) is 0.378. The second-order valence-electron chi connectivity index (χ2n) is 2.77. The molecule has 1 rings (SSSR count). The van der Waals surface area contributed by atoms with Gasteiger partial charge in [0.2, 0.25) is 0 Å². The molecule has 1 aliphatic rings. The van der Waals surface area contributed by atoms with Gasteiger partial charge in [-0.05, 0) is 6.92 Å². The zero-order valence-corrected chi connectivity index (χ0v) is 6.16. The maximum Gasteiger partial charge on any atom is 0.193 e. The predicted molar refractivity (Wildman–Crippen MR) is 36.7 cm³/mol. The zero-order valence-electron chi connectivity index (χ0n) is 6.16. The summed E-state index contributed by atoms with van der Waals surface area (Å²) in [5, 5.41) is 27.0. The first-order valence-electron chi connectivity index (χ1n) is 3.33. The highest BCUT2D eigenvalue weighted by molar-refractivity contribution is 5.99. The number of aliphatic hydroxyl groups is 3. The molecular formula is C7H10O4. The Kier molecular flexibility index (Phi) is 1.74. The molecule has 62 valence electrons. The van der Waals surface area contributed by atoms with E-state index in [0.717, 1.165) is 6.92 Å². The van der Waals surface area contributed by atoms with Gasteiger partial charge >= 0.3 is 0 Å². The lowest BCUT2D eigenvalue weighted by atomic mass is 10.1. The summed E-state index contributed by atoms with van der Waals surface area (Å²) < 4.78 is 0. The fourth-order valence-electron chi connectivity index (χ4n) is 1.18. The van der Waals surface area contributed by atoms with E-state index in [9.17, 15) is 4.79 Å². The molecule has 0 saturated heterocycles. The first-order valence-corrected chi connectivity index (χ1v) is 3.33. The molecule has 0 amide bonds. The van der Waals surface area contributed by atoms with Gasteiger partial charge < -0.3 is 15.3 Å². The van der Waals surface area contributed by atoms with E-state index in [1.165, 1.54) is 0 Å². The maximum absolute atomic E-state index is 10.9. The number of hydrogen-bond acceptors (Lipinski definition) is 4. The van der Waals surface area contributed by atoms with Crippen molar-refractivity contribution in [1.29, 1.82) is 0 Å². The van der Waals surface area contributed by atoms with Gasteiger partial charge in [0.1, 0.15) is 5.76 Å². The summed E-state index contributed by atoms with van der Waals surface area (Å²) in [7, 11) is 0. The van der Waals surface area contributed by atoms with Crippen LogP contribution in [0, 0.1) is 0 Å². The van der Waals surface area contributed by atoms with Crippen LogP contribution in [-0.2, 0) is 4.79 Å². The third-order valence-electron chi connectivity index (χ3n) is 1.63. The minimum atomic E-state index is -2.20. The molecule has 0 heterocycles. The largest absolute Gasteiger partial charge is 0.512 e. The Hall–Kier alpha value is -0.870. The molecule has 4 heteroatoms. The average Bonchev–Trinajstić information content (AvgIpc) is 2.08. The number of aliphatic hydroxyl groups excluding tert-OH is 1. The van der Waals surface area contributed by atoms with E-state index in [0.29, 0.717) is 0 Å². The van der Waals surface area contributed by atoms with Crippen LogP contribution in [0.1, 0.15) is 19.8 Å². The third-order valence-corrected chi connectivity index (χ3v) is 1.63. The van der Waals surface area contributed by atoms with Crippen LogP contribution in [0.5, 0.6) is 0 Å². The smallest absolute Gasteiger partial charge is 0.193 e. The molecule has 0 aliphatic heterocycles. The van der Waals surface area contributed by atoms with Gasteiger partial charge in [-0.25, -0.2) is 0 Å². The van der Waals surface area contributed by atoms with E-state index < -0.39 is 11.6 Å². The Morgan fingerprint density at radius 3 is 2.09 bits per heavy atom. The number of allylic oxidation sites excluding steroid dienone is 1. The van der Waals surface area contributed by atoms with Crippen molar-refractivity contribution in [3.8, 4) is 0 Å². The SMILES string of the molecule is CC(O)(O)C1=C(O)CCC1=O. The normalized spacial score (nSPS) is 19.7. The molecular weight excluding hydrogens is 148 g/mol. The van der Waals surface area contributed by atoms with Crippen molar-refractivity contribution in [3.05, 3.63) is 11.3 Å². The van der Waals surface area contributed by atoms with Crippen molar-refractivity contribution in [1.82, 2.24) is 0 Å². The van der Waals surface area contributed by atoms with E-state index in [4.69, 9.17) is 15.3 Å². The second kappa shape index (κ2) is 2.32. The van der Waals surface area contributed by atoms with E-state index in [-0.39, 0.29) is 24.2 Å². The van der Waals surface area contributed by atoms with Crippen molar-refractivity contribution >= 4 is 5.78 Å². The summed E-state index contributed by atoms with van der Waals surface area (Å²) in [6, 6.07) is 0. The molecule has 0 spiro atoms. The van der Waals surface area contributed by atoms with Crippen LogP contribution < -0.4 is 0 Å².